The number of halogens is 3. The molecule has 0 bridgehead atoms. The van der Waals surface area contributed by atoms with E-state index in [-0.39, 0.29) is 17.9 Å². The largest absolute Gasteiger partial charge is 0.472 e. The molecule has 1 atom stereocenters. The normalized spacial score (nSPS) is 17.1. The van der Waals surface area contributed by atoms with Crippen molar-refractivity contribution in [1.82, 2.24) is 9.88 Å². The van der Waals surface area contributed by atoms with Crippen LogP contribution in [-0.4, -0.2) is 40.7 Å². The smallest absolute Gasteiger partial charge is 0.416 e. The van der Waals surface area contributed by atoms with Crippen molar-refractivity contribution in [2.75, 3.05) is 18.8 Å². The number of amides is 1. The number of benzene rings is 1. The molecular weight excluding hydrogens is 377 g/mol. The number of likely N-dealkylation sites (tertiary alicyclic amines) is 1. The number of nitrogens with zero attached hydrogens (tertiary/aromatic N) is 2. The molecule has 1 fully saturated rings. The molecule has 1 aliphatic rings. The van der Waals surface area contributed by atoms with Crippen molar-refractivity contribution < 1.29 is 22.7 Å². The van der Waals surface area contributed by atoms with Crippen LogP contribution in [0.5, 0.6) is 5.88 Å². The number of rotatable bonds is 6. The summed E-state index contributed by atoms with van der Waals surface area (Å²) in [6, 6.07) is 11.6. The Balaban J connectivity index is 1.46. The third-order valence-electron chi connectivity index (χ3n) is 4.18. The Morgan fingerprint density at radius 2 is 2.04 bits per heavy atom. The minimum absolute atomic E-state index is 0.0292. The van der Waals surface area contributed by atoms with Crippen LogP contribution in [0.2, 0.25) is 0 Å². The average Bonchev–Trinajstić information content (AvgIpc) is 3.11. The lowest BCUT2D eigenvalue weighted by molar-refractivity contribution is -0.137. The maximum absolute atomic E-state index is 12.8. The van der Waals surface area contributed by atoms with Crippen molar-refractivity contribution >= 4 is 17.7 Å². The fourth-order valence-electron chi connectivity index (χ4n) is 2.80. The van der Waals surface area contributed by atoms with Gasteiger partial charge in [0.05, 0.1) is 12.1 Å². The molecule has 1 aliphatic heterocycles. The van der Waals surface area contributed by atoms with Crippen molar-refractivity contribution in [3.05, 3.63) is 54.2 Å². The molecule has 0 radical (unpaired) electrons. The first kappa shape index (κ1) is 19.5. The number of aromatic nitrogens is 1. The van der Waals surface area contributed by atoms with E-state index >= 15 is 0 Å². The molecule has 0 N–H and O–H groups in total. The second-order valence-corrected chi connectivity index (χ2v) is 7.33. The molecule has 2 heterocycles. The highest BCUT2D eigenvalue weighted by atomic mass is 32.2. The second kappa shape index (κ2) is 8.65. The van der Waals surface area contributed by atoms with E-state index in [4.69, 9.17) is 4.74 Å². The number of alkyl halides is 3. The molecule has 2 aromatic rings. The van der Waals surface area contributed by atoms with Gasteiger partial charge in [-0.25, -0.2) is 4.98 Å². The summed E-state index contributed by atoms with van der Waals surface area (Å²) in [6.07, 6.45) is -2.71. The van der Waals surface area contributed by atoms with Crippen molar-refractivity contribution in [2.24, 2.45) is 0 Å². The maximum atomic E-state index is 12.8. The van der Waals surface area contributed by atoms with E-state index in [1.165, 1.54) is 0 Å². The Morgan fingerprint density at radius 3 is 2.78 bits per heavy atom. The number of hydrogen-bond donors (Lipinski definition) is 0. The molecule has 0 unspecified atom stereocenters. The van der Waals surface area contributed by atoms with Crippen molar-refractivity contribution in [3.63, 3.8) is 0 Å². The topological polar surface area (TPSA) is 42.4 Å². The molecule has 1 aromatic heterocycles. The van der Waals surface area contributed by atoms with Crippen LogP contribution in [0.4, 0.5) is 13.2 Å². The van der Waals surface area contributed by atoms with Crippen LogP contribution in [-0.2, 0) is 11.0 Å². The van der Waals surface area contributed by atoms with Gasteiger partial charge in [-0.3, -0.25) is 4.79 Å². The summed E-state index contributed by atoms with van der Waals surface area (Å²) in [5.41, 5.74) is -0.795. The van der Waals surface area contributed by atoms with E-state index in [0.717, 1.165) is 23.2 Å². The summed E-state index contributed by atoms with van der Waals surface area (Å²) in [4.78, 5) is 19.0. The van der Waals surface area contributed by atoms with Gasteiger partial charge in [0, 0.05) is 42.3 Å². The molecule has 1 aromatic carbocycles. The van der Waals surface area contributed by atoms with E-state index in [1.54, 1.807) is 16.7 Å². The van der Waals surface area contributed by atoms with Gasteiger partial charge in [-0.05, 0) is 18.2 Å². The number of pyridine rings is 1. The zero-order valence-corrected chi connectivity index (χ0v) is 15.3. The number of ether oxygens (including phenoxy) is 1. The summed E-state index contributed by atoms with van der Waals surface area (Å²) in [7, 11) is 0. The first-order chi connectivity index (χ1) is 12.9. The SMILES string of the molecule is O=C(CCSc1ccccc1)N1CC[C@H](Oc2cc(C(F)(F)F)ccn2)C1. The molecule has 1 saturated heterocycles. The van der Waals surface area contributed by atoms with E-state index in [0.29, 0.717) is 31.7 Å². The first-order valence-corrected chi connectivity index (χ1v) is 9.56. The van der Waals surface area contributed by atoms with Gasteiger partial charge in [0.2, 0.25) is 11.8 Å². The number of hydrogen-bond acceptors (Lipinski definition) is 4. The van der Waals surface area contributed by atoms with Crippen molar-refractivity contribution in [2.45, 2.75) is 30.0 Å². The van der Waals surface area contributed by atoms with Gasteiger partial charge in [-0.15, -0.1) is 11.8 Å². The van der Waals surface area contributed by atoms with E-state index < -0.39 is 11.7 Å². The van der Waals surface area contributed by atoms with Crippen molar-refractivity contribution in [1.29, 1.82) is 0 Å². The van der Waals surface area contributed by atoms with Gasteiger partial charge < -0.3 is 9.64 Å². The molecular formula is C19H19F3N2O2S. The predicted molar refractivity (Wildman–Crippen MR) is 96.6 cm³/mol. The number of thioether (sulfide) groups is 1. The molecule has 0 aliphatic carbocycles. The van der Waals surface area contributed by atoms with Crippen molar-refractivity contribution in [3.8, 4) is 5.88 Å². The lowest BCUT2D eigenvalue weighted by Crippen LogP contribution is -2.31. The monoisotopic (exact) mass is 396 g/mol. The number of carbonyl (C=O) groups excluding carboxylic acids is 1. The Hall–Kier alpha value is -2.22. The van der Waals surface area contributed by atoms with Gasteiger partial charge in [-0.1, -0.05) is 18.2 Å². The summed E-state index contributed by atoms with van der Waals surface area (Å²) in [5, 5.41) is 0. The van der Waals surface area contributed by atoms with Crippen LogP contribution in [0.15, 0.2) is 53.6 Å². The summed E-state index contributed by atoms with van der Waals surface area (Å²) in [5.74, 6) is 0.644. The molecule has 144 valence electrons. The highest BCUT2D eigenvalue weighted by Gasteiger charge is 2.32. The van der Waals surface area contributed by atoms with Crippen LogP contribution >= 0.6 is 11.8 Å². The summed E-state index contributed by atoms with van der Waals surface area (Å²) < 4.78 is 43.8. The second-order valence-electron chi connectivity index (χ2n) is 6.16. The third-order valence-corrected chi connectivity index (χ3v) is 5.19. The maximum Gasteiger partial charge on any atom is 0.416 e. The van der Waals surface area contributed by atoms with Gasteiger partial charge in [-0.2, -0.15) is 13.2 Å². The fourth-order valence-corrected chi connectivity index (χ4v) is 3.66. The lowest BCUT2D eigenvalue weighted by Gasteiger charge is -2.17. The summed E-state index contributed by atoms with van der Waals surface area (Å²) in [6.45, 7) is 0.908. The van der Waals surface area contributed by atoms with Crippen LogP contribution in [0.3, 0.4) is 0 Å². The minimum Gasteiger partial charge on any atom is -0.472 e. The highest BCUT2D eigenvalue weighted by Crippen LogP contribution is 2.31. The van der Waals surface area contributed by atoms with E-state index in [1.807, 2.05) is 30.3 Å². The Morgan fingerprint density at radius 1 is 1.26 bits per heavy atom. The van der Waals surface area contributed by atoms with E-state index in [9.17, 15) is 18.0 Å². The van der Waals surface area contributed by atoms with Crippen LogP contribution in [0.25, 0.3) is 0 Å². The zero-order valence-electron chi connectivity index (χ0n) is 14.5. The Kier molecular flexibility index (Phi) is 6.26. The zero-order chi connectivity index (χ0) is 19.3. The van der Waals surface area contributed by atoms with Crippen LogP contribution < -0.4 is 4.74 Å². The Labute approximate surface area is 159 Å². The molecule has 4 nitrogen and oxygen atoms in total. The third kappa shape index (κ3) is 5.63. The molecule has 0 saturated carbocycles. The average molecular weight is 396 g/mol. The van der Waals surface area contributed by atoms with Gasteiger partial charge in [0.1, 0.15) is 6.10 Å². The predicted octanol–water partition coefficient (Wildman–Crippen LogP) is 4.26. The molecule has 27 heavy (non-hydrogen) atoms. The highest BCUT2D eigenvalue weighted by molar-refractivity contribution is 7.99. The standard InChI is InChI=1S/C19H19F3N2O2S/c20-19(21,22)14-6-9-23-17(12-14)26-15-7-10-24(13-15)18(25)8-11-27-16-4-2-1-3-5-16/h1-6,9,12,15H,7-8,10-11,13H2/t15-/m0/s1. The quantitative estimate of drug-likeness (QED) is 0.684. The molecule has 3 rings (SSSR count). The summed E-state index contributed by atoms with van der Waals surface area (Å²) >= 11 is 1.62. The minimum atomic E-state index is -4.44. The van der Waals surface area contributed by atoms with Crippen LogP contribution in [0, 0.1) is 0 Å². The van der Waals surface area contributed by atoms with Gasteiger partial charge in [0.25, 0.3) is 0 Å². The Bertz CT molecular complexity index is 771. The van der Waals surface area contributed by atoms with Gasteiger partial charge >= 0.3 is 6.18 Å². The molecule has 0 spiro atoms. The fraction of sp³-hybridized carbons (Fsp3) is 0.368. The molecule has 8 heteroatoms. The first-order valence-electron chi connectivity index (χ1n) is 8.57. The number of carbonyl (C=O) groups is 1. The molecule has 1 amide bonds. The van der Waals surface area contributed by atoms with Gasteiger partial charge in [0.15, 0.2) is 0 Å². The van der Waals surface area contributed by atoms with E-state index in [2.05, 4.69) is 4.98 Å². The lowest BCUT2D eigenvalue weighted by atomic mass is 10.2. The van der Waals surface area contributed by atoms with Crippen LogP contribution in [0.1, 0.15) is 18.4 Å².